The molecule has 3 amide bonds. The minimum Gasteiger partial charge on any atom is -0.481 e. The molecule has 1 aromatic rings. The number of aliphatic carboxylic acids is 1. The molecule has 3 rings (SSSR count). The van der Waals surface area contributed by atoms with Crippen LogP contribution in [0.25, 0.3) is 0 Å². The number of imide groups is 1. The maximum absolute atomic E-state index is 12.4. The van der Waals surface area contributed by atoms with Crippen molar-refractivity contribution < 1.29 is 24.3 Å². The standard InChI is InChI=1S/C18H19BrN2O5/c19-11-5-6-13-14(7-11)17(24)21(16(13)23)9-15(22)20-8-10-3-1-2-4-12(10)18(25)26/h5-7,10,12H,1-4,8-9H2,(H,20,22)(H,25,26)/t10-,12-/m0/s1. The third-order valence-electron chi connectivity index (χ3n) is 5.02. The van der Waals surface area contributed by atoms with Crippen LogP contribution in [0.1, 0.15) is 46.4 Å². The quantitative estimate of drug-likeness (QED) is 0.706. The SMILES string of the molecule is O=C(CN1C(=O)c2ccc(Br)cc2C1=O)NC[C@@H]1CCCC[C@@H]1C(=O)O. The molecule has 1 fully saturated rings. The van der Waals surface area contributed by atoms with Crippen LogP contribution < -0.4 is 5.32 Å². The maximum atomic E-state index is 12.4. The van der Waals surface area contributed by atoms with Crippen molar-refractivity contribution in [3.8, 4) is 0 Å². The van der Waals surface area contributed by atoms with Crippen molar-refractivity contribution in [2.24, 2.45) is 11.8 Å². The summed E-state index contributed by atoms with van der Waals surface area (Å²) in [6.07, 6.45) is 3.19. The van der Waals surface area contributed by atoms with E-state index in [2.05, 4.69) is 21.2 Å². The van der Waals surface area contributed by atoms with Crippen LogP contribution in [0.5, 0.6) is 0 Å². The normalized spacial score (nSPS) is 22.3. The molecular weight excluding hydrogens is 404 g/mol. The summed E-state index contributed by atoms with van der Waals surface area (Å²) in [5.74, 6) is -2.87. The van der Waals surface area contributed by atoms with E-state index in [1.165, 1.54) is 0 Å². The molecule has 1 saturated carbocycles. The fraction of sp³-hybridized carbons (Fsp3) is 0.444. The van der Waals surface area contributed by atoms with Gasteiger partial charge in [0.25, 0.3) is 11.8 Å². The highest BCUT2D eigenvalue weighted by atomic mass is 79.9. The van der Waals surface area contributed by atoms with E-state index in [1.54, 1.807) is 18.2 Å². The summed E-state index contributed by atoms with van der Waals surface area (Å²) in [7, 11) is 0. The Kier molecular flexibility index (Phi) is 5.41. The zero-order valence-corrected chi connectivity index (χ0v) is 15.6. The highest BCUT2D eigenvalue weighted by molar-refractivity contribution is 9.10. The lowest BCUT2D eigenvalue weighted by Crippen LogP contribution is -2.43. The number of nitrogens with zero attached hydrogens (tertiary/aromatic N) is 1. The van der Waals surface area contributed by atoms with Gasteiger partial charge in [0.15, 0.2) is 0 Å². The van der Waals surface area contributed by atoms with E-state index in [1.807, 2.05) is 0 Å². The van der Waals surface area contributed by atoms with Crippen molar-refractivity contribution in [2.75, 3.05) is 13.1 Å². The molecule has 0 saturated heterocycles. The zero-order valence-electron chi connectivity index (χ0n) is 14.0. The van der Waals surface area contributed by atoms with Gasteiger partial charge in [-0.25, -0.2) is 0 Å². The molecule has 0 unspecified atom stereocenters. The number of halogens is 1. The molecule has 26 heavy (non-hydrogen) atoms. The fourth-order valence-corrected chi connectivity index (χ4v) is 3.99. The number of rotatable bonds is 5. The van der Waals surface area contributed by atoms with Gasteiger partial charge in [-0.1, -0.05) is 28.8 Å². The van der Waals surface area contributed by atoms with Crippen molar-refractivity contribution >= 4 is 39.6 Å². The lowest BCUT2D eigenvalue weighted by atomic mass is 9.79. The minimum atomic E-state index is -0.838. The molecule has 1 heterocycles. The van der Waals surface area contributed by atoms with Crippen molar-refractivity contribution in [1.82, 2.24) is 10.2 Å². The number of nitrogens with one attached hydrogen (secondary N) is 1. The zero-order chi connectivity index (χ0) is 18.8. The van der Waals surface area contributed by atoms with Gasteiger partial charge in [0.05, 0.1) is 17.0 Å². The Balaban J connectivity index is 1.60. The van der Waals surface area contributed by atoms with Gasteiger partial charge in [-0.3, -0.25) is 24.1 Å². The number of amides is 3. The molecule has 1 aliphatic carbocycles. The molecule has 8 heteroatoms. The highest BCUT2D eigenvalue weighted by Gasteiger charge is 2.37. The summed E-state index contributed by atoms with van der Waals surface area (Å²) in [6, 6.07) is 4.78. The summed E-state index contributed by atoms with van der Waals surface area (Å²) < 4.78 is 0.681. The van der Waals surface area contributed by atoms with Crippen LogP contribution in [0.2, 0.25) is 0 Å². The van der Waals surface area contributed by atoms with E-state index in [-0.39, 0.29) is 30.1 Å². The molecule has 0 spiro atoms. The van der Waals surface area contributed by atoms with Crippen LogP contribution in [-0.2, 0) is 9.59 Å². The van der Waals surface area contributed by atoms with Crippen LogP contribution in [0, 0.1) is 11.8 Å². The number of carboxylic acid groups (broad SMARTS) is 1. The molecule has 2 atom stereocenters. The van der Waals surface area contributed by atoms with Gasteiger partial charge in [0, 0.05) is 11.0 Å². The molecule has 0 bridgehead atoms. The topological polar surface area (TPSA) is 104 Å². The first kappa shape index (κ1) is 18.6. The Morgan fingerprint density at radius 2 is 1.85 bits per heavy atom. The van der Waals surface area contributed by atoms with Crippen LogP contribution >= 0.6 is 15.9 Å². The number of carbonyl (C=O) groups excluding carboxylic acids is 3. The smallest absolute Gasteiger partial charge is 0.306 e. The molecule has 2 aliphatic rings. The summed E-state index contributed by atoms with van der Waals surface area (Å²) in [4.78, 5) is 49.1. The predicted molar refractivity (Wildman–Crippen MR) is 95.6 cm³/mol. The second-order valence-electron chi connectivity index (χ2n) is 6.68. The number of benzene rings is 1. The largest absolute Gasteiger partial charge is 0.481 e. The van der Waals surface area contributed by atoms with E-state index < -0.39 is 29.6 Å². The average molecular weight is 423 g/mol. The van der Waals surface area contributed by atoms with Gasteiger partial charge in [-0.15, -0.1) is 0 Å². The van der Waals surface area contributed by atoms with E-state index in [4.69, 9.17) is 0 Å². The van der Waals surface area contributed by atoms with Crippen molar-refractivity contribution in [2.45, 2.75) is 25.7 Å². The molecule has 2 N–H and O–H groups in total. The van der Waals surface area contributed by atoms with Gasteiger partial charge in [-0.05, 0) is 37.0 Å². The Bertz CT molecular complexity index is 779. The fourth-order valence-electron chi connectivity index (χ4n) is 3.63. The van der Waals surface area contributed by atoms with Crippen LogP contribution in [-0.4, -0.2) is 46.8 Å². The third kappa shape index (κ3) is 3.65. The highest BCUT2D eigenvalue weighted by Crippen LogP contribution is 2.30. The van der Waals surface area contributed by atoms with Gasteiger partial charge in [0.2, 0.25) is 5.91 Å². The third-order valence-corrected chi connectivity index (χ3v) is 5.52. The summed E-state index contributed by atoms with van der Waals surface area (Å²) in [5.41, 5.74) is 0.555. The number of hydrogen-bond donors (Lipinski definition) is 2. The molecule has 138 valence electrons. The van der Waals surface area contributed by atoms with Crippen LogP contribution in [0.4, 0.5) is 0 Å². The first-order chi connectivity index (χ1) is 12.4. The molecule has 0 radical (unpaired) electrons. The Morgan fingerprint density at radius 3 is 2.58 bits per heavy atom. The van der Waals surface area contributed by atoms with Gasteiger partial charge in [-0.2, -0.15) is 0 Å². The number of hydrogen-bond acceptors (Lipinski definition) is 4. The first-order valence-corrected chi connectivity index (χ1v) is 9.33. The lowest BCUT2D eigenvalue weighted by Gasteiger charge is -2.28. The number of fused-ring (bicyclic) bond motifs is 1. The van der Waals surface area contributed by atoms with Crippen LogP contribution in [0.15, 0.2) is 22.7 Å². The first-order valence-electron chi connectivity index (χ1n) is 8.53. The molecule has 1 aliphatic heterocycles. The predicted octanol–water partition coefficient (Wildman–Crippen LogP) is 2.05. The van der Waals surface area contributed by atoms with E-state index in [0.29, 0.717) is 10.9 Å². The molecular formula is C18H19BrN2O5. The lowest BCUT2D eigenvalue weighted by molar-refractivity contribution is -0.145. The van der Waals surface area contributed by atoms with Crippen molar-refractivity contribution in [3.63, 3.8) is 0 Å². The Labute approximate surface area is 158 Å². The minimum absolute atomic E-state index is 0.122. The van der Waals surface area contributed by atoms with Gasteiger partial charge < -0.3 is 10.4 Å². The second kappa shape index (κ2) is 7.57. The second-order valence-corrected chi connectivity index (χ2v) is 7.60. The summed E-state index contributed by atoms with van der Waals surface area (Å²) >= 11 is 3.26. The Morgan fingerprint density at radius 1 is 1.15 bits per heavy atom. The van der Waals surface area contributed by atoms with E-state index in [0.717, 1.165) is 24.2 Å². The van der Waals surface area contributed by atoms with E-state index in [9.17, 15) is 24.3 Å². The van der Waals surface area contributed by atoms with E-state index >= 15 is 0 Å². The monoisotopic (exact) mass is 422 g/mol. The van der Waals surface area contributed by atoms with Crippen LogP contribution in [0.3, 0.4) is 0 Å². The van der Waals surface area contributed by atoms with Crippen molar-refractivity contribution in [1.29, 1.82) is 0 Å². The molecule has 7 nitrogen and oxygen atoms in total. The summed E-state index contributed by atoms with van der Waals surface area (Å²) in [5, 5.41) is 12.0. The average Bonchev–Trinajstić information content (AvgIpc) is 2.84. The maximum Gasteiger partial charge on any atom is 0.306 e. The molecule has 0 aromatic heterocycles. The Hall–Kier alpha value is -2.22. The van der Waals surface area contributed by atoms with Gasteiger partial charge >= 0.3 is 5.97 Å². The van der Waals surface area contributed by atoms with Crippen molar-refractivity contribution in [3.05, 3.63) is 33.8 Å². The number of carbonyl (C=O) groups is 4. The van der Waals surface area contributed by atoms with Gasteiger partial charge in [0.1, 0.15) is 6.54 Å². The number of carboxylic acids is 1. The summed E-state index contributed by atoms with van der Waals surface area (Å²) in [6.45, 7) is -0.126. The molecule has 1 aromatic carbocycles.